The van der Waals surface area contributed by atoms with Gasteiger partial charge in [-0.15, -0.1) is 0 Å². The number of ether oxygens (including phenoxy) is 1. The van der Waals surface area contributed by atoms with Gasteiger partial charge >= 0.3 is 0 Å². The van der Waals surface area contributed by atoms with E-state index in [-0.39, 0.29) is 24.2 Å². The van der Waals surface area contributed by atoms with Gasteiger partial charge in [0.2, 0.25) is 5.91 Å². The number of hydrogen-bond donors (Lipinski definition) is 0. The zero-order valence-electron chi connectivity index (χ0n) is 12.3. The Morgan fingerprint density at radius 2 is 2.14 bits per heavy atom. The fourth-order valence-corrected chi connectivity index (χ4v) is 2.36. The molecule has 0 atom stereocenters. The van der Waals surface area contributed by atoms with E-state index in [0.29, 0.717) is 37.4 Å². The van der Waals surface area contributed by atoms with Crippen LogP contribution in [0.2, 0.25) is 0 Å². The molecule has 6 heteroatoms. The summed E-state index contributed by atoms with van der Waals surface area (Å²) in [6.45, 7) is 3.73. The van der Waals surface area contributed by atoms with Crippen LogP contribution in [0.4, 0.5) is 4.39 Å². The maximum absolute atomic E-state index is 13.1. The number of nitrogens with zero attached hydrogens (tertiary/aromatic N) is 2. The molecule has 1 fully saturated rings. The van der Waals surface area contributed by atoms with Crippen molar-refractivity contribution >= 4 is 11.8 Å². The zero-order valence-corrected chi connectivity index (χ0v) is 12.3. The first-order valence-corrected chi connectivity index (χ1v) is 6.85. The van der Waals surface area contributed by atoms with Crippen molar-refractivity contribution < 1.29 is 18.7 Å². The highest BCUT2D eigenvalue weighted by Crippen LogP contribution is 2.14. The topological polar surface area (TPSA) is 49.9 Å². The second-order valence-electron chi connectivity index (χ2n) is 5.06. The van der Waals surface area contributed by atoms with Gasteiger partial charge in [-0.25, -0.2) is 4.39 Å². The lowest BCUT2D eigenvalue weighted by atomic mass is 10.1. The summed E-state index contributed by atoms with van der Waals surface area (Å²) in [6, 6.07) is 4.05. The number of piperazine rings is 1. The highest BCUT2D eigenvalue weighted by molar-refractivity contribution is 5.98. The molecule has 1 aliphatic rings. The summed E-state index contributed by atoms with van der Waals surface area (Å²) in [6.07, 6.45) is 0. The molecule has 2 amide bonds. The SMILES string of the molecule is COCCN1CCN(C(=O)c2ccc(F)cc2C)CC1=O. The molecule has 21 heavy (non-hydrogen) atoms. The van der Waals surface area contributed by atoms with Gasteiger partial charge in [-0.2, -0.15) is 0 Å². The van der Waals surface area contributed by atoms with E-state index in [1.54, 1.807) is 18.9 Å². The van der Waals surface area contributed by atoms with E-state index in [1.165, 1.54) is 23.1 Å². The van der Waals surface area contributed by atoms with Gasteiger partial charge in [0.25, 0.3) is 5.91 Å². The molecule has 1 saturated heterocycles. The molecular formula is C15H19FN2O3. The Kier molecular flexibility index (Phi) is 4.90. The Morgan fingerprint density at radius 1 is 1.38 bits per heavy atom. The molecule has 0 radical (unpaired) electrons. The van der Waals surface area contributed by atoms with Crippen LogP contribution in [0.3, 0.4) is 0 Å². The molecule has 5 nitrogen and oxygen atoms in total. The number of benzene rings is 1. The first-order chi connectivity index (χ1) is 10.0. The molecule has 1 aliphatic heterocycles. The first kappa shape index (κ1) is 15.4. The van der Waals surface area contributed by atoms with Crippen molar-refractivity contribution in [1.29, 1.82) is 0 Å². The molecule has 0 bridgehead atoms. The number of rotatable bonds is 4. The normalized spacial score (nSPS) is 15.5. The lowest BCUT2D eigenvalue weighted by Crippen LogP contribution is -2.53. The summed E-state index contributed by atoms with van der Waals surface area (Å²) >= 11 is 0. The van der Waals surface area contributed by atoms with E-state index in [4.69, 9.17) is 4.74 Å². The van der Waals surface area contributed by atoms with Crippen LogP contribution in [-0.2, 0) is 9.53 Å². The number of halogens is 1. The quantitative estimate of drug-likeness (QED) is 0.834. The molecule has 1 aromatic carbocycles. The van der Waals surface area contributed by atoms with Gasteiger partial charge < -0.3 is 14.5 Å². The van der Waals surface area contributed by atoms with Crippen molar-refractivity contribution in [3.05, 3.63) is 35.1 Å². The van der Waals surface area contributed by atoms with Gasteiger partial charge in [-0.05, 0) is 30.7 Å². The monoisotopic (exact) mass is 294 g/mol. The van der Waals surface area contributed by atoms with Gasteiger partial charge in [0.15, 0.2) is 0 Å². The standard InChI is InChI=1S/C15H19FN2O3/c1-11-9-12(16)3-4-13(11)15(20)18-6-5-17(7-8-21-2)14(19)10-18/h3-4,9H,5-8,10H2,1-2H3. The summed E-state index contributed by atoms with van der Waals surface area (Å²) in [5.41, 5.74) is 1.02. The number of hydrogen-bond acceptors (Lipinski definition) is 3. The van der Waals surface area contributed by atoms with Crippen LogP contribution in [0, 0.1) is 12.7 Å². The average molecular weight is 294 g/mol. The Labute approximate surface area is 123 Å². The average Bonchev–Trinajstić information content (AvgIpc) is 2.45. The van der Waals surface area contributed by atoms with Crippen LogP contribution < -0.4 is 0 Å². The highest BCUT2D eigenvalue weighted by Gasteiger charge is 2.28. The molecular weight excluding hydrogens is 275 g/mol. The number of aryl methyl sites for hydroxylation is 1. The third kappa shape index (κ3) is 3.58. The van der Waals surface area contributed by atoms with E-state index >= 15 is 0 Å². The minimum absolute atomic E-state index is 0.0549. The van der Waals surface area contributed by atoms with Crippen LogP contribution >= 0.6 is 0 Å². The molecule has 1 heterocycles. The third-order valence-corrected chi connectivity index (χ3v) is 3.59. The molecule has 0 N–H and O–H groups in total. The Bertz CT molecular complexity index is 548. The minimum Gasteiger partial charge on any atom is -0.383 e. The molecule has 114 valence electrons. The van der Waals surface area contributed by atoms with E-state index < -0.39 is 0 Å². The lowest BCUT2D eigenvalue weighted by Gasteiger charge is -2.34. The van der Waals surface area contributed by atoms with Crippen molar-refractivity contribution in [3.8, 4) is 0 Å². The van der Waals surface area contributed by atoms with Crippen molar-refractivity contribution in [2.45, 2.75) is 6.92 Å². The van der Waals surface area contributed by atoms with Gasteiger partial charge in [0.05, 0.1) is 6.61 Å². The fraction of sp³-hybridized carbons (Fsp3) is 0.467. The molecule has 0 aliphatic carbocycles. The van der Waals surface area contributed by atoms with Crippen LogP contribution in [0.15, 0.2) is 18.2 Å². The molecule has 0 saturated carbocycles. The predicted octanol–water partition coefficient (Wildman–Crippen LogP) is 1.06. The summed E-state index contributed by atoms with van der Waals surface area (Å²) in [5.74, 6) is -0.692. The van der Waals surface area contributed by atoms with Gasteiger partial charge in [-0.3, -0.25) is 9.59 Å². The van der Waals surface area contributed by atoms with Gasteiger partial charge in [-0.1, -0.05) is 0 Å². The second kappa shape index (κ2) is 6.67. The minimum atomic E-state index is -0.371. The van der Waals surface area contributed by atoms with E-state index in [2.05, 4.69) is 0 Å². The van der Waals surface area contributed by atoms with Crippen molar-refractivity contribution in [2.75, 3.05) is 39.9 Å². The second-order valence-corrected chi connectivity index (χ2v) is 5.06. The maximum Gasteiger partial charge on any atom is 0.254 e. The summed E-state index contributed by atoms with van der Waals surface area (Å²) in [5, 5.41) is 0. The third-order valence-electron chi connectivity index (χ3n) is 3.59. The summed E-state index contributed by atoms with van der Waals surface area (Å²) in [7, 11) is 1.58. The van der Waals surface area contributed by atoms with Crippen LogP contribution in [0.1, 0.15) is 15.9 Å². The Hall–Kier alpha value is -1.95. The van der Waals surface area contributed by atoms with Gasteiger partial charge in [0.1, 0.15) is 12.4 Å². The van der Waals surface area contributed by atoms with Crippen molar-refractivity contribution in [1.82, 2.24) is 9.80 Å². The fourth-order valence-electron chi connectivity index (χ4n) is 2.36. The van der Waals surface area contributed by atoms with Crippen molar-refractivity contribution in [2.24, 2.45) is 0 Å². The zero-order chi connectivity index (χ0) is 15.4. The largest absolute Gasteiger partial charge is 0.383 e. The van der Waals surface area contributed by atoms with Crippen molar-refractivity contribution in [3.63, 3.8) is 0 Å². The first-order valence-electron chi connectivity index (χ1n) is 6.85. The lowest BCUT2D eigenvalue weighted by molar-refractivity contribution is -0.135. The number of amides is 2. The summed E-state index contributed by atoms with van der Waals surface area (Å²) < 4.78 is 18.0. The molecule has 0 aromatic heterocycles. The number of carbonyl (C=O) groups excluding carboxylic acids is 2. The number of methoxy groups -OCH3 is 1. The highest BCUT2D eigenvalue weighted by atomic mass is 19.1. The van der Waals surface area contributed by atoms with E-state index in [0.717, 1.165) is 0 Å². The molecule has 0 unspecified atom stereocenters. The Morgan fingerprint density at radius 3 is 2.76 bits per heavy atom. The summed E-state index contributed by atoms with van der Waals surface area (Å²) in [4.78, 5) is 27.6. The van der Waals surface area contributed by atoms with Crippen LogP contribution in [0.5, 0.6) is 0 Å². The smallest absolute Gasteiger partial charge is 0.254 e. The van der Waals surface area contributed by atoms with Crippen LogP contribution in [0.25, 0.3) is 0 Å². The van der Waals surface area contributed by atoms with E-state index in [9.17, 15) is 14.0 Å². The molecule has 2 rings (SSSR count). The van der Waals surface area contributed by atoms with Gasteiger partial charge in [0, 0.05) is 32.3 Å². The molecule has 0 spiro atoms. The molecule has 1 aromatic rings. The maximum atomic E-state index is 13.1. The van der Waals surface area contributed by atoms with Crippen LogP contribution in [-0.4, -0.2) is 61.5 Å². The predicted molar refractivity (Wildman–Crippen MR) is 75.5 cm³/mol. The Balaban J connectivity index is 2.03. The van der Waals surface area contributed by atoms with E-state index in [1.807, 2.05) is 0 Å². The number of carbonyl (C=O) groups is 2.